The van der Waals surface area contributed by atoms with E-state index in [-0.39, 0.29) is 0 Å². The first kappa shape index (κ1) is 24.8. The number of aliphatic imine (C=N–C) groups is 1. The summed E-state index contributed by atoms with van der Waals surface area (Å²) in [5, 5.41) is 1.17. The number of H-pyrrole nitrogens is 1. The first-order valence-electron chi connectivity index (χ1n) is 12.7. The second-order valence-corrected chi connectivity index (χ2v) is 9.04. The lowest BCUT2D eigenvalue weighted by Crippen LogP contribution is -2.37. The lowest BCUT2D eigenvalue weighted by Gasteiger charge is -2.28. The van der Waals surface area contributed by atoms with Crippen molar-refractivity contribution in [2.75, 3.05) is 45.4 Å². The number of anilines is 1. The van der Waals surface area contributed by atoms with Crippen LogP contribution < -0.4 is 14.4 Å². The Kier molecular flexibility index (Phi) is 7.96. The number of morpholine rings is 1. The highest BCUT2D eigenvalue weighted by Gasteiger charge is 2.15. The predicted molar refractivity (Wildman–Crippen MR) is 146 cm³/mol. The Morgan fingerprint density at radius 3 is 2.68 bits per heavy atom. The van der Waals surface area contributed by atoms with Gasteiger partial charge in [0.15, 0.2) is 11.5 Å². The van der Waals surface area contributed by atoms with Gasteiger partial charge in [-0.25, -0.2) is 9.97 Å². The van der Waals surface area contributed by atoms with Gasteiger partial charge < -0.3 is 24.1 Å². The third kappa shape index (κ3) is 6.09. The monoisotopic (exact) mass is 499 g/mol. The van der Waals surface area contributed by atoms with Crippen molar-refractivity contribution in [1.82, 2.24) is 15.0 Å². The van der Waals surface area contributed by atoms with Crippen LogP contribution in [0.15, 0.2) is 59.7 Å². The third-order valence-corrected chi connectivity index (χ3v) is 6.57. The fraction of sp³-hybridized carbons (Fsp3) is 0.345. The number of ether oxygens (including phenoxy) is 3. The highest BCUT2D eigenvalue weighted by atomic mass is 16.5. The van der Waals surface area contributed by atoms with E-state index in [0.717, 1.165) is 72.3 Å². The van der Waals surface area contributed by atoms with E-state index in [9.17, 15) is 0 Å². The number of benzene rings is 2. The number of nitrogens with zero attached hydrogens (tertiary/aromatic N) is 4. The zero-order valence-corrected chi connectivity index (χ0v) is 21.4. The molecular weight excluding hydrogens is 466 g/mol. The first-order valence-corrected chi connectivity index (χ1v) is 12.7. The summed E-state index contributed by atoms with van der Waals surface area (Å²) in [7, 11) is 3.31. The molecule has 0 bridgehead atoms. The molecule has 1 saturated heterocycles. The van der Waals surface area contributed by atoms with Crippen LogP contribution >= 0.6 is 0 Å². The molecule has 0 saturated carbocycles. The van der Waals surface area contributed by atoms with E-state index in [4.69, 9.17) is 29.2 Å². The number of aromatic amines is 1. The van der Waals surface area contributed by atoms with Gasteiger partial charge in [-0.2, -0.15) is 0 Å². The van der Waals surface area contributed by atoms with Gasteiger partial charge in [-0.3, -0.25) is 4.99 Å². The van der Waals surface area contributed by atoms with E-state index in [1.165, 1.54) is 10.9 Å². The summed E-state index contributed by atoms with van der Waals surface area (Å²) >= 11 is 0. The number of methoxy groups -OCH3 is 2. The Morgan fingerprint density at radius 2 is 1.84 bits per heavy atom. The highest BCUT2D eigenvalue weighted by molar-refractivity contribution is 5.98. The topological polar surface area (TPSA) is 84.9 Å². The third-order valence-electron chi connectivity index (χ3n) is 6.57. The maximum atomic E-state index is 5.54. The lowest BCUT2D eigenvalue weighted by molar-refractivity contribution is 0.122. The van der Waals surface area contributed by atoms with Crippen LogP contribution in [-0.4, -0.2) is 61.7 Å². The Bertz CT molecular complexity index is 1360. The van der Waals surface area contributed by atoms with E-state index in [0.29, 0.717) is 19.8 Å². The molecule has 0 spiro atoms. The van der Waals surface area contributed by atoms with Crippen molar-refractivity contribution in [3.8, 4) is 11.5 Å². The van der Waals surface area contributed by atoms with Crippen molar-refractivity contribution in [1.29, 1.82) is 0 Å². The van der Waals surface area contributed by atoms with Crippen LogP contribution in [0.4, 0.5) is 5.82 Å². The van der Waals surface area contributed by atoms with E-state index < -0.39 is 0 Å². The van der Waals surface area contributed by atoms with Crippen LogP contribution in [0, 0.1) is 0 Å². The summed E-state index contributed by atoms with van der Waals surface area (Å²) in [5.41, 5.74) is 4.31. The van der Waals surface area contributed by atoms with Gasteiger partial charge in [0.2, 0.25) is 0 Å². The number of aromatic nitrogens is 3. The van der Waals surface area contributed by atoms with Gasteiger partial charge in [-0.15, -0.1) is 0 Å². The van der Waals surface area contributed by atoms with Crippen molar-refractivity contribution in [2.45, 2.75) is 25.8 Å². The molecule has 2 aromatic heterocycles. The molecule has 1 aliphatic heterocycles. The fourth-order valence-electron chi connectivity index (χ4n) is 4.61. The van der Waals surface area contributed by atoms with Crippen LogP contribution in [0.2, 0.25) is 0 Å². The van der Waals surface area contributed by atoms with Gasteiger partial charge in [-0.1, -0.05) is 24.3 Å². The zero-order chi connectivity index (χ0) is 25.5. The smallest absolute Gasteiger partial charge is 0.160 e. The molecule has 2 aromatic carbocycles. The number of aryl methyl sites for hydroxylation is 2. The number of fused-ring (bicyclic) bond motifs is 1. The molecule has 0 unspecified atom stereocenters. The Labute approximate surface area is 217 Å². The molecule has 1 fully saturated rings. The van der Waals surface area contributed by atoms with E-state index in [1.807, 2.05) is 36.7 Å². The molecule has 37 heavy (non-hydrogen) atoms. The standard InChI is InChI=1S/C29H33N5O3/c1-35-26-11-10-21(16-27(26)36-2)6-5-9-28-32-23(17-29(33-28)34-12-14-37-15-13-34)20-30-18-22-19-31-25-8-4-3-7-24(22)25/h3-4,7-8,10-11,16-19,31H,5-6,9,12-15,20H2,1-2H3. The molecule has 0 amide bonds. The van der Waals surface area contributed by atoms with Crippen LogP contribution in [-0.2, 0) is 24.1 Å². The molecule has 0 aliphatic carbocycles. The van der Waals surface area contributed by atoms with Crippen molar-refractivity contribution in [2.24, 2.45) is 4.99 Å². The fourth-order valence-corrected chi connectivity index (χ4v) is 4.61. The van der Waals surface area contributed by atoms with Crippen LogP contribution in [0.25, 0.3) is 10.9 Å². The molecule has 5 rings (SSSR count). The summed E-state index contributed by atoms with van der Waals surface area (Å²) < 4.78 is 16.3. The molecule has 0 atom stereocenters. The Hall–Kier alpha value is -3.91. The average molecular weight is 500 g/mol. The van der Waals surface area contributed by atoms with Gasteiger partial charge in [0.05, 0.1) is 39.7 Å². The lowest BCUT2D eigenvalue weighted by atomic mass is 10.1. The zero-order valence-electron chi connectivity index (χ0n) is 21.4. The quantitative estimate of drug-likeness (QED) is 0.321. The SMILES string of the molecule is COc1ccc(CCCc2nc(CN=Cc3c[nH]c4ccccc34)cc(N3CCOCC3)n2)cc1OC. The summed E-state index contributed by atoms with van der Waals surface area (Å²) in [4.78, 5) is 20.1. The van der Waals surface area contributed by atoms with Crippen molar-refractivity contribution in [3.63, 3.8) is 0 Å². The second-order valence-electron chi connectivity index (χ2n) is 9.04. The number of hydrogen-bond acceptors (Lipinski definition) is 7. The molecule has 3 heterocycles. The van der Waals surface area contributed by atoms with Crippen LogP contribution in [0.3, 0.4) is 0 Å². The molecule has 192 valence electrons. The number of hydrogen-bond donors (Lipinski definition) is 1. The minimum atomic E-state index is 0.502. The van der Waals surface area contributed by atoms with E-state index in [1.54, 1.807) is 14.2 Å². The number of para-hydroxylation sites is 1. The molecular formula is C29H33N5O3. The van der Waals surface area contributed by atoms with Crippen molar-refractivity contribution >= 4 is 22.9 Å². The van der Waals surface area contributed by atoms with Crippen molar-refractivity contribution < 1.29 is 14.2 Å². The molecule has 1 N–H and O–H groups in total. The predicted octanol–water partition coefficient (Wildman–Crippen LogP) is 4.61. The summed E-state index contributed by atoms with van der Waals surface area (Å²) in [5.74, 6) is 3.30. The maximum Gasteiger partial charge on any atom is 0.160 e. The molecule has 8 nitrogen and oxygen atoms in total. The number of rotatable bonds is 10. The van der Waals surface area contributed by atoms with Gasteiger partial charge in [0.1, 0.15) is 11.6 Å². The minimum absolute atomic E-state index is 0.502. The van der Waals surface area contributed by atoms with Crippen LogP contribution in [0.1, 0.15) is 29.1 Å². The maximum absolute atomic E-state index is 5.54. The Morgan fingerprint density at radius 1 is 1.00 bits per heavy atom. The molecule has 0 radical (unpaired) electrons. The van der Waals surface area contributed by atoms with Gasteiger partial charge in [0.25, 0.3) is 0 Å². The van der Waals surface area contributed by atoms with Crippen LogP contribution in [0.5, 0.6) is 11.5 Å². The first-order chi connectivity index (χ1) is 18.2. The second kappa shape index (κ2) is 11.9. The Balaban J connectivity index is 1.30. The molecule has 1 aliphatic rings. The summed E-state index contributed by atoms with van der Waals surface area (Å²) in [6.07, 6.45) is 6.53. The average Bonchev–Trinajstić information content (AvgIpc) is 3.36. The summed E-state index contributed by atoms with van der Waals surface area (Å²) in [6, 6.07) is 16.4. The summed E-state index contributed by atoms with van der Waals surface area (Å²) in [6.45, 7) is 3.60. The normalized spacial score (nSPS) is 13.9. The minimum Gasteiger partial charge on any atom is -0.493 e. The van der Waals surface area contributed by atoms with E-state index in [2.05, 4.69) is 34.1 Å². The molecule has 8 heteroatoms. The highest BCUT2D eigenvalue weighted by Crippen LogP contribution is 2.28. The molecule has 4 aromatic rings. The van der Waals surface area contributed by atoms with Gasteiger partial charge in [-0.05, 0) is 36.6 Å². The van der Waals surface area contributed by atoms with Gasteiger partial charge >= 0.3 is 0 Å². The van der Waals surface area contributed by atoms with Gasteiger partial charge in [0, 0.05) is 54.5 Å². The number of nitrogens with one attached hydrogen (secondary N) is 1. The van der Waals surface area contributed by atoms with E-state index >= 15 is 0 Å². The van der Waals surface area contributed by atoms with Crippen molar-refractivity contribution in [3.05, 3.63) is 77.4 Å². The largest absolute Gasteiger partial charge is 0.493 e.